The van der Waals surface area contributed by atoms with Crippen molar-refractivity contribution in [3.63, 3.8) is 0 Å². The second-order valence-corrected chi connectivity index (χ2v) is 6.89. The summed E-state index contributed by atoms with van der Waals surface area (Å²) in [5, 5.41) is 4.54. The fourth-order valence-electron chi connectivity index (χ4n) is 3.75. The number of aryl methyl sites for hydroxylation is 2. The van der Waals surface area contributed by atoms with E-state index in [0.29, 0.717) is 24.5 Å². The molecule has 4 rings (SSSR count). The van der Waals surface area contributed by atoms with E-state index in [-0.39, 0.29) is 31.0 Å². The molecule has 2 aliphatic heterocycles. The summed E-state index contributed by atoms with van der Waals surface area (Å²) in [5.41, 5.74) is 2.76. The molecule has 3 heterocycles. The van der Waals surface area contributed by atoms with Crippen LogP contribution in [0.2, 0.25) is 0 Å². The Labute approximate surface area is 152 Å². The summed E-state index contributed by atoms with van der Waals surface area (Å²) in [6.45, 7) is 5.33. The van der Waals surface area contributed by atoms with Gasteiger partial charge in [-0.15, -0.1) is 0 Å². The number of anilines is 1. The Bertz CT molecular complexity index is 860. The first-order valence-corrected chi connectivity index (χ1v) is 8.85. The third-order valence-electron chi connectivity index (χ3n) is 5.01. The number of nitrogens with zero attached hydrogens (tertiary/aromatic N) is 4. The lowest BCUT2D eigenvalue weighted by Gasteiger charge is -2.30. The Morgan fingerprint density at radius 1 is 1.31 bits per heavy atom. The molecule has 0 bridgehead atoms. The molecule has 1 aromatic heterocycles. The maximum atomic E-state index is 12.8. The van der Waals surface area contributed by atoms with Crippen LogP contribution in [0, 0.1) is 13.8 Å². The molecule has 0 unspecified atom stereocenters. The number of carbonyl (C=O) groups is 2. The van der Waals surface area contributed by atoms with Gasteiger partial charge in [0, 0.05) is 18.8 Å². The number of aromatic nitrogens is 2. The van der Waals surface area contributed by atoms with E-state index in [0.717, 1.165) is 17.8 Å². The molecule has 2 aromatic rings. The van der Waals surface area contributed by atoms with Crippen molar-refractivity contribution in [1.82, 2.24) is 14.7 Å². The van der Waals surface area contributed by atoms with Gasteiger partial charge in [-0.3, -0.25) is 19.2 Å². The summed E-state index contributed by atoms with van der Waals surface area (Å²) in [6, 6.07) is 9.56. The summed E-state index contributed by atoms with van der Waals surface area (Å²) >= 11 is 0. The molecule has 0 spiro atoms. The molecular formula is C19H22N4O3. The van der Waals surface area contributed by atoms with Crippen molar-refractivity contribution in [1.29, 1.82) is 0 Å². The second-order valence-electron chi connectivity index (χ2n) is 6.89. The maximum Gasteiger partial charge on any atom is 0.265 e. The molecule has 1 saturated heterocycles. The van der Waals surface area contributed by atoms with Crippen LogP contribution < -0.4 is 9.64 Å². The first-order chi connectivity index (χ1) is 12.5. The van der Waals surface area contributed by atoms with Crippen molar-refractivity contribution in [3.8, 4) is 5.75 Å². The number of likely N-dealkylation sites (tertiary alicyclic amines) is 1. The van der Waals surface area contributed by atoms with Gasteiger partial charge in [-0.25, -0.2) is 0 Å². The third kappa shape index (κ3) is 2.94. The van der Waals surface area contributed by atoms with E-state index in [9.17, 15) is 9.59 Å². The third-order valence-corrected chi connectivity index (χ3v) is 5.01. The van der Waals surface area contributed by atoms with Crippen LogP contribution in [0.15, 0.2) is 30.3 Å². The maximum absolute atomic E-state index is 12.8. The lowest BCUT2D eigenvalue weighted by atomic mass is 10.2. The van der Waals surface area contributed by atoms with Gasteiger partial charge >= 0.3 is 0 Å². The number of para-hydroxylation sites is 2. The highest BCUT2D eigenvalue weighted by Crippen LogP contribution is 2.31. The summed E-state index contributed by atoms with van der Waals surface area (Å²) in [5.74, 6) is 0.410. The Morgan fingerprint density at radius 2 is 2.12 bits per heavy atom. The number of fused-ring (bicyclic) bond motifs is 1. The zero-order valence-corrected chi connectivity index (χ0v) is 15.0. The van der Waals surface area contributed by atoms with E-state index < -0.39 is 0 Å². The van der Waals surface area contributed by atoms with Gasteiger partial charge < -0.3 is 9.64 Å². The Morgan fingerprint density at radius 3 is 2.88 bits per heavy atom. The number of amides is 2. The largest absolute Gasteiger partial charge is 0.482 e. The van der Waals surface area contributed by atoms with E-state index in [1.54, 1.807) is 0 Å². The fourth-order valence-corrected chi connectivity index (χ4v) is 3.75. The van der Waals surface area contributed by atoms with Crippen molar-refractivity contribution in [2.75, 3.05) is 31.1 Å². The smallest absolute Gasteiger partial charge is 0.265 e. The van der Waals surface area contributed by atoms with Crippen LogP contribution in [0.25, 0.3) is 0 Å². The molecule has 7 nitrogen and oxygen atoms in total. The van der Waals surface area contributed by atoms with Crippen molar-refractivity contribution < 1.29 is 14.3 Å². The van der Waals surface area contributed by atoms with E-state index >= 15 is 0 Å². The van der Waals surface area contributed by atoms with Crippen LogP contribution in [-0.4, -0.2) is 52.7 Å². The number of hydrogen-bond donors (Lipinski definition) is 0. The zero-order chi connectivity index (χ0) is 18.3. The van der Waals surface area contributed by atoms with Gasteiger partial charge in [-0.05, 0) is 38.5 Å². The Kier molecular flexibility index (Phi) is 4.14. The molecule has 0 radical (unpaired) electrons. The van der Waals surface area contributed by atoms with E-state index in [1.807, 2.05) is 53.8 Å². The highest BCUT2D eigenvalue weighted by atomic mass is 16.5. The highest BCUT2D eigenvalue weighted by molar-refractivity contribution is 6.02. The minimum Gasteiger partial charge on any atom is -0.482 e. The normalized spacial score (nSPS) is 19.5. The van der Waals surface area contributed by atoms with Gasteiger partial charge in [-0.1, -0.05) is 12.1 Å². The first kappa shape index (κ1) is 16.6. The van der Waals surface area contributed by atoms with E-state index in [2.05, 4.69) is 5.10 Å². The first-order valence-electron chi connectivity index (χ1n) is 8.85. The number of benzene rings is 1. The minimum absolute atomic E-state index is 0.0291. The summed E-state index contributed by atoms with van der Waals surface area (Å²) in [6.07, 6.45) is 0.876. The molecule has 26 heavy (non-hydrogen) atoms. The Hall–Kier alpha value is -2.83. The number of ether oxygens (including phenoxy) is 1. The van der Waals surface area contributed by atoms with Crippen LogP contribution in [0.1, 0.15) is 23.9 Å². The van der Waals surface area contributed by atoms with Gasteiger partial charge in [0.1, 0.15) is 12.3 Å². The predicted molar refractivity (Wildman–Crippen MR) is 96.2 cm³/mol. The summed E-state index contributed by atoms with van der Waals surface area (Å²) in [7, 11) is 0. The number of hydrogen-bond acceptors (Lipinski definition) is 4. The minimum atomic E-state index is -0.189. The lowest BCUT2D eigenvalue weighted by Crippen LogP contribution is -2.46. The SMILES string of the molecule is Cc1cc(C)n([C@H]2CCN(C(=O)CN3C(=O)COc4ccccc43)C2)n1. The zero-order valence-electron chi connectivity index (χ0n) is 15.0. The molecule has 1 atom stereocenters. The monoisotopic (exact) mass is 354 g/mol. The lowest BCUT2D eigenvalue weighted by molar-refractivity contribution is -0.131. The second kappa shape index (κ2) is 6.48. The van der Waals surface area contributed by atoms with Gasteiger partial charge in [0.2, 0.25) is 5.91 Å². The fraction of sp³-hybridized carbons (Fsp3) is 0.421. The number of carbonyl (C=O) groups excluding carboxylic acids is 2. The molecule has 1 fully saturated rings. The van der Waals surface area contributed by atoms with Gasteiger partial charge in [0.15, 0.2) is 6.61 Å². The van der Waals surface area contributed by atoms with Crippen LogP contribution in [0.5, 0.6) is 5.75 Å². The molecule has 0 N–H and O–H groups in total. The van der Waals surface area contributed by atoms with Crippen LogP contribution in [-0.2, 0) is 9.59 Å². The molecule has 1 aromatic carbocycles. The molecule has 2 amide bonds. The summed E-state index contributed by atoms with van der Waals surface area (Å²) in [4.78, 5) is 28.4. The predicted octanol–water partition coefficient (Wildman–Crippen LogP) is 1.70. The van der Waals surface area contributed by atoms with Gasteiger partial charge in [0.05, 0.1) is 17.4 Å². The molecular weight excluding hydrogens is 332 g/mol. The highest BCUT2D eigenvalue weighted by Gasteiger charge is 2.32. The van der Waals surface area contributed by atoms with Crippen LogP contribution >= 0.6 is 0 Å². The van der Waals surface area contributed by atoms with Gasteiger partial charge in [0.25, 0.3) is 5.91 Å². The van der Waals surface area contributed by atoms with Crippen molar-refractivity contribution in [3.05, 3.63) is 41.7 Å². The molecule has 0 saturated carbocycles. The molecule has 7 heteroatoms. The topological polar surface area (TPSA) is 67.7 Å². The summed E-state index contributed by atoms with van der Waals surface area (Å²) < 4.78 is 7.45. The number of rotatable bonds is 3. The molecule has 0 aliphatic carbocycles. The standard InChI is InChI=1S/C19H22N4O3/c1-13-9-14(2)23(20-13)15-7-8-21(10-15)18(24)11-22-16-5-3-4-6-17(16)26-12-19(22)25/h3-6,9,15H,7-8,10-12H2,1-2H3/t15-/m0/s1. The quantitative estimate of drug-likeness (QED) is 0.841. The molecule has 2 aliphatic rings. The average molecular weight is 354 g/mol. The van der Waals surface area contributed by atoms with Crippen molar-refractivity contribution in [2.24, 2.45) is 0 Å². The average Bonchev–Trinajstić information content (AvgIpc) is 3.23. The van der Waals surface area contributed by atoms with Crippen LogP contribution in [0.4, 0.5) is 5.69 Å². The van der Waals surface area contributed by atoms with Gasteiger partial charge in [-0.2, -0.15) is 5.10 Å². The Balaban J connectivity index is 1.46. The van der Waals surface area contributed by atoms with E-state index in [4.69, 9.17) is 4.74 Å². The van der Waals surface area contributed by atoms with Crippen molar-refractivity contribution in [2.45, 2.75) is 26.3 Å². The van der Waals surface area contributed by atoms with Crippen molar-refractivity contribution >= 4 is 17.5 Å². The molecule has 136 valence electrons. The van der Waals surface area contributed by atoms with Crippen LogP contribution in [0.3, 0.4) is 0 Å². The van der Waals surface area contributed by atoms with E-state index in [1.165, 1.54) is 4.90 Å².